The SMILES string of the molecule is CC(=O)NC[C@@H]1OC(=O)N2c3cc(F)c(C4=CCN(C(=O)CO)CC4)cc3CC12. The number of carbonyl (C=O) groups excluding carboxylic acids is 3. The second kappa shape index (κ2) is 7.47. The van der Waals surface area contributed by atoms with Gasteiger partial charge >= 0.3 is 6.09 Å². The van der Waals surface area contributed by atoms with E-state index in [1.807, 2.05) is 0 Å². The molecule has 1 saturated heterocycles. The number of fused-ring (bicyclic) bond motifs is 3. The molecular formula is C20H22FN3O5. The van der Waals surface area contributed by atoms with E-state index in [0.29, 0.717) is 37.2 Å². The molecule has 0 bridgehead atoms. The second-order valence-corrected chi connectivity index (χ2v) is 7.44. The summed E-state index contributed by atoms with van der Waals surface area (Å²) >= 11 is 0. The quantitative estimate of drug-likeness (QED) is 0.776. The first-order valence-electron chi connectivity index (χ1n) is 9.53. The van der Waals surface area contributed by atoms with Crippen LogP contribution in [0.3, 0.4) is 0 Å². The highest BCUT2D eigenvalue weighted by Crippen LogP contribution is 2.41. The fourth-order valence-corrected chi connectivity index (χ4v) is 4.20. The summed E-state index contributed by atoms with van der Waals surface area (Å²) in [6.07, 6.45) is 1.78. The summed E-state index contributed by atoms with van der Waals surface area (Å²) < 4.78 is 20.2. The van der Waals surface area contributed by atoms with Crippen LogP contribution in [0.25, 0.3) is 5.57 Å². The Kier molecular flexibility index (Phi) is 4.99. The van der Waals surface area contributed by atoms with Crippen molar-refractivity contribution in [2.75, 3.05) is 31.1 Å². The summed E-state index contributed by atoms with van der Waals surface area (Å²) in [4.78, 5) is 38.1. The van der Waals surface area contributed by atoms with Gasteiger partial charge in [-0.25, -0.2) is 9.18 Å². The first kappa shape index (κ1) is 19.4. The smallest absolute Gasteiger partial charge is 0.415 e. The number of ether oxygens (including phenoxy) is 1. The number of hydrogen-bond acceptors (Lipinski definition) is 5. The summed E-state index contributed by atoms with van der Waals surface area (Å²) in [7, 11) is 0. The van der Waals surface area contributed by atoms with E-state index < -0.39 is 24.6 Å². The minimum absolute atomic E-state index is 0.207. The molecule has 1 unspecified atom stereocenters. The van der Waals surface area contributed by atoms with Gasteiger partial charge in [-0.15, -0.1) is 0 Å². The lowest BCUT2D eigenvalue weighted by Crippen LogP contribution is -2.40. The second-order valence-electron chi connectivity index (χ2n) is 7.44. The molecule has 4 rings (SSSR count). The largest absolute Gasteiger partial charge is 0.442 e. The van der Waals surface area contributed by atoms with Gasteiger partial charge < -0.3 is 20.1 Å². The zero-order valence-electron chi connectivity index (χ0n) is 16.0. The molecule has 0 aromatic heterocycles. The third kappa shape index (κ3) is 3.46. The maximum atomic E-state index is 14.9. The highest BCUT2D eigenvalue weighted by molar-refractivity contribution is 5.94. The van der Waals surface area contributed by atoms with Gasteiger partial charge in [0, 0.05) is 25.6 Å². The molecule has 29 heavy (non-hydrogen) atoms. The molecular weight excluding hydrogens is 381 g/mol. The number of cyclic esters (lactones) is 1. The fraction of sp³-hybridized carbons (Fsp3) is 0.450. The number of anilines is 1. The molecule has 3 heterocycles. The molecule has 8 nitrogen and oxygen atoms in total. The molecule has 0 saturated carbocycles. The van der Waals surface area contributed by atoms with Gasteiger partial charge in [0.15, 0.2) is 0 Å². The molecule has 0 aliphatic carbocycles. The van der Waals surface area contributed by atoms with Gasteiger partial charge in [0.1, 0.15) is 18.5 Å². The van der Waals surface area contributed by atoms with Crippen LogP contribution in [0.1, 0.15) is 24.5 Å². The molecule has 0 radical (unpaired) electrons. The van der Waals surface area contributed by atoms with Crippen molar-refractivity contribution in [2.24, 2.45) is 0 Å². The zero-order valence-corrected chi connectivity index (χ0v) is 16.0. The number of carbonyl (C=O) groups is 3. The van der Waals surface area contributed by atoms with Crippen LogP contribution in [0.2, 0.25) is 0 Å². The maximum absolute atomic E-state index is 14.9. The minimum atomic E-state index is -0.538. The van der Waals surface area contributed by atoms with Crippen molar-refractivity contribution >= 4 is 29.2 Å². The molecule has 2 atom stereocenters. The molecule has 2 N–H and O–H groups in total. The van der Waals surface area contributed by atoms with Crippen molar-refractivity contribution in [2.45, 2.75) is 31.9 Å². The Labute approximate surface area is 166 Å². The molecule has 1 aromatic carbocycles. The lowest BCUT2D eigenvalue weighted by Gasteiger charge is -2.26. The lowest BCUT2D eigenvalue weighted by molar-refractivity contribution is -0.133. The lowest BCUT2D eigenvalue weighted by atomic mass is 9.95. The molecule has 0 spiro atoms. The predicted molar refractivity (Wildman–Crippen MR) is 102 cm³/mol. The Balaban J connectivity index is 1.57. The number of amides is 3. The summed E-state index contributed by atoms with van der Waals surface area (Å²) in [6.45, 7) is 1.81. The van der Waals surface area contributed by atoms with Crippen molar-refractivity contribution < 1.29 is 28.6 Å². The molecule has 3 aliphatic rings. The third-order valence-corrected chi connectivity index (χ3v) is 5.66. The molecule has 154 valence electrons. The number of rotatable bonds is 4. The first-order valence-corrected chi connectivity index (χ1v) is 9.53. The topological polar surface area (TPSA) is 99.2 Å². The highest BCUT2D eigenvalue weighted by Gasteiger charge is 2.47. The van der Waals surface area contributed by atoms with Gasteiger partial charge in [-0.05, 0) is 36.1 Å². The normalized spacial score (nSPS) is 22.7. The molecule has 1 fully saturated rings. The zero-order chi connectivity index (χ0) is 20.7. The average molecular weight is 403 g/mol. The van der Waals surface area contributed by atoms with Gasteiger partial charge in [-0.3, -0.25) is 14.5 Å². The number of hydrogen-bond donors (Lipinski definition) is 2. The minimum Gasteiger partial charge on any atom is -0.442 e. The van der Waals surface area contributed by atoms with Crippen LogP contribution < -0.4 is 10.2 Å². The Morgan fingerprint density at radius 3 is 2.83 bits per heavy atom. The van der Waals surface area contributed by atoms with Crippen LogP contribution in [-0.2, 0) is 20.7 Å². The molecule has 9 heteroatoms. The van der Waals surface area contributed by atoms with Gasteiger partial charge in [0.05, 0.1) is 18.3 Å². The first-order chi connectivity index (χ1) is 13.9. The Morgan fingerprint density at radius 1 is 1.38 bits per heavy atom. The van der Waals surface area contributed by atoms with Crippen LogP contribution in [0, 0.1) is 5.82 Å². The van der Waals surface area contributed by atoms with E-state index in [4.69, 9.17) is 9.84 Å². The molecule has 3 amide bonds. The van der Waals surface area contributed by atoms with Crippen LogP contribution in [-0.4, -0.2) is 66.3 Å². The van der Waals surface area contributed by atoms with E-state index in [9.17, 15) is 18.8 Å². The van der Waals surface area contributed by atoms with Gasteiger partial charge in [0.2, 0.25) is 11.8 Å². The Bertz CT molecular complexity index is 916. The van der Waals surface area contributed by atoms with Crippen molar-refractivity contribution in [3.8, 4) is 0 Å². The van der Waals surface area contributed by atoms with Crippen LogP contribution in [0.15, 0.2) is 18.2 Å². The van der Waals surface area contributed by atoms with Gasteiger partial charge in [-0.1, -0.05) is 6.08 Å². The third-order valence-electron chi connectivity index (χ3n) is 5.66. The number of halogens is 1. The highest BCUT2D eigenvalue weighted by atomic mass is 19.1. The Morgan fingerprint density at radius 2 is 2.17 bits per heavy atom. The maximum Gasteiger partial charge on any atom is 0.415 e. The number of aliphatic hydroxyl groups is 1. The Hall–Kier alpha value is -2.94. The van der Waals surface area contributed by atoms with E-state index in [-0.39, 0.29) is 24.4 Å². The van der Waals surface area contributed by atoms with Crippen LogP contribution in [0.4, 0.5) is 14.9 Å². The fourth-order valence-electron chi connectivity index (χ4n) is 4.20. The standard InChI is InChI=1S/C20H22FN3O5/c1-11(26)22-9-18-17-7-13-6-14(12-2-4-23(5-3-12)19(27)10-25)15(21)8-16(13)24(17)20(28)29-18/h2,6,8,17-18,25H,3-5,7,9-10H2,1H3,(H,22,26)/t17?,18-/m0/s1. The summed E-state index contributed by atoms with van der Waals surface area (Å²) in [5.41, 5.74) is 2.62. The number of benzene rings is 1. The number of aliphatic hydroxyl groups excluding tert-OH is 1. The van der Waals surface area contributed by atoms with E-state index in [0.717, 1.165) is 11.1 Å². The van der Waals surface area contributed by atoms with E-state index >= 15 is 0 Å². The van der Waals surface area contributed by atoms with Crippen molar-refractivity contribution in [3.05, 3.63) is 35.2 Å². The van der Waals surface area contributed by atoms with Crippen LogP contribution >= 0.6 is 0 Å². The van der Waals surface area contributed by atoms with E-state index in [2.05, 4.69) is 5.32 Å². The van der Waals surface area contributed by atoms with Crippen molar-refractivity contribution in [3.63, 3.8) is 0 Å². The monoisotopic (exact) mass is 403 g/mol. The number of nitrogens with zero attached hydrogens (tertiary/aromatic N) is 2. The van der Waals surface area contributed by atoms with Crippen molar-refractivity contribution in [1.82, 2.24) is 10.2 Å². The summed E-state index contributed by atoms with van der Waals surface area (Å²) in [5.74, 6) is -0.990. The number of nitrogens with one attached hydrogen (secondary N) is 1. The summed E-state index contributed by atoms with van der Waals surface area (Å²) in [6, 6.07) is 2.84. The van der Waals surface area contributed by atoms with E-state index in [1.165, 1.54) is 22.8 Å². The molecule has 1 aromatic rings. The average Bonchev–Trinajstić information content (AvgIpc) is 3.22. The van der Waals surface area contributed by atoms with Gasteiger partial charge in [0.25, 0.3) is 0 Å². The summed E-state index contributed by atoms with van der Waals surface area (Å²) in [5, 5.41) is 11.6. The van der Waals surface area contributed by atoms with Crippen molar-refractivity contribution in [1.29, 1.82) is 0 Å². The van der Waals surface area contributed by atoms with Gasteiger partial charge in [-0.2, -0.15) is 0 Å². The predicted octanol–water partition coefficient (Wildman–Crippen LogP) is 0.820. The van der Waals surface area contributed by atoms with Crippen LogP contribution in [0.5, 0.6) is 0 Å². The molecule has 3 aliphatic heterocycles. The van der Waals surface area contributed by atoms with E-state index in [1.54, 1.807) is 12.1 Å².